The van der Waals surface area contributed by atoms with Gasteiger partial charge in [0.2, 0.25) is 0 Å². The summed E-state index contributed by atoms with van der Waals surface area (Å²) in [7, 11) is 0. The van der Waals surface area contributed by atoms with E-state index < -0.39 is 0 Å². The zero-order valence-corrected chi connectivity index (χ0v) is 11.1. The van der Waals surface area contributed by atoms with Crippen LogP contribution < -0.4 is 0 Å². The molecule has 4 aliphatic carbocycles. The molecule has 2 nitrogen and oxygen atoms in total. The monoisotopic (exact) mass is 238 g/mol. The Kier molecular flexibility index (Phi) is 2.99. The second-order valence-corrected chi connectivity index (χ2v) is 6.92. The second kappa shape index (κ2) is 4.24. The number of hydrogen-bond acceptors (Lipinski definition) is 2. The van der Waals surface area contributed by atoms with E-state index in [1.807, 2.05) is 0 Å². The Morgan fingerprint density at radius 2 is 1.82 bits per heavy atom. The average Bonchev–Trinajstić information content (AvgIpc) is 2.21. The maximum absolute atomic E-state index is 10.6. The van der Waals surface area contributed by atoms with Crippen LogP contribution in [0.15, 0.2) is 0 Å². The van der Waals surface area contributed by atoms with Gasteiger partial charge >= 0.3 is 0 Å². The lowest BCUT2D eigenvalue weighted by Crippen LogP contribution is -2.60. The van der Waals surface area contributed by atoms with Crippen molar-refractivity contribution in [1.29, 1.82) is 0 Å². The first-order chi connectivity index (χ1) is 8.13. The van der Waals surface area contributed by atoms with E-state index >= 15 is 0 Å². The molecule has 2 unspecified atom stereocenters. The van der Waals surface area contributed by atoms with Gasteiger partial charge in [0.25, 0.3) is 0 Å². The Bertz CT molecular complexity index is 273. The molecule has 4 aliphatic rings. The minimum absolute atomic E-state index is 0.0621. The van der Waals surface area contributed by atoms with Gasteiger partial charge in [0.1, 0.15) is 0 Å². The Morgan fingerprint density at radius 1 is 1.12 bits per heavy atom. The molecule has 0 heterocycles. The van der Waals surface area contributed by atoms with Gasteiger partial charge in [0.15, 0.2) is 0 Å². The average molecular weight is 238 g/mol. The fourth-order valence-electron chi connectivity index (χ4n) is 4.94. The van der Waals surface area contributed by atoms with Crippen molar-refractivity contribution in [2.24, 2.45) is 11.8 Å². The van der Waals surface area contributed by atoms with Gasteiger partial charge in [-0.1, -0.05) is 19.8 Å². The second-order valence-electron chi connectivity index (χ2n) is 6.92. The predicted molar refractivity (Wildman–Crippen MR) is 67.8 cm³/mol. The van der Waals surface area contributed by atoms with Crippen LogP contribution in [0.1, 0.15) is 64.7 Å². The summed E-state index contributed by atoms with van der Waals surface area (Å²) < 4.78 is 6.25. The molecule has 0 radical (unpaired) electrons. The molecule has 0 aliphatic heterocycles. The largest absolute Gasteiger partial charge is 0.390 e. The Hall–Kier alpha value is -0.0800. The van der Waals surface area contributed by atoms with Crippen LogP contribution in [-0.2, 0) is 4.74 Å². The Labute approximate surface area is 105 Å². The van der Waals surface area contributed by atoms with Crippen molar-refractivity contribution in [1.82, 2.24) is 0 Å². The van der Waals surface area contributed by atoms with Crippen molar-refractivity contribution in [3.8, 4) is 0 Å². The van der Waals surface area contributed by atoms with E-state index in [0.29, 0.717) is 0 Å². The van der Waals surface area contributed by atoms with Crippen molar-refractivity contribution in [3.05, 3.63) is 0 Å². The first-order valence-electron chi connectivity index (χ1n) is 7.49. The van der Waals surface area contributed by atoms with Crippen LogP contribution in [0, 0.1) is 11.8 Å². The highest BCUT2D eigenvalue weighted by atomic mass is 16.5. The molecule has 2 heteroatoms. The molecule has 17 heavy (non-hydrogen) atoms. The van der Waals surface area contributed by atoms with Crippen LogP contribution in [0.3, 0.4) is 0 Å². The lowest BCUT2D eigenvalue weighted by Gasteiger charge is -2.59. The van der Waals surface area contributed by atoms with E-state index in [-0.39, 0.29) is 11.2 Å². The molecule has 4 saturated carbocycles. The standard InChI is InChI=1S/C15H26O2/c1-2-3-4-5-17-15-9-12-6-13(10-15)8-14(16,7-12)11-15/h12-13,16H,2-11H2,1H3. The molecule has 0 saturated heterocycles. The number of aliphatic hydroxyl groups is 1. The maximum atomic E-state index is 10.6. The normalized spacial score (nSPS) is 47.6. The first-order valence-corrected chi connectivity index (χ1v) is 7.49. The summed E-state index contributed by atoms with van der Waals surface area (Å²) in [6, 6.07) is 0. The van der Waals surface area contributed by atoms with E-state index in [1.54, 1.807) is 0 Å². The molecule has 4 bridgehead atoms. The first kappa shape index (κ1) is 12.0. The van der Waals surface area contributed by atoms with Crippen LogP contribution in [0.25, 0.3) is 0 Å². The minimum atomic E-state index is -0.366. The van der Waals surface area contributed by atoms with Crippen LogP contribution in [0.2, 0.25) is 0 Å². The van der Waals surface area contributed by atoms with Gasteiger partial charge in [-0.25, -0.2) is 0 Å². The molecule has 1 N–H and O–H groups in total. The topological polar surface area (TPSA) is 29.5 Å². The number of unbranched alkanes of at least 4 members (excludes halogenated alkanes) is 2. The number of rotatable bonds is 5. The fraction of sp³-hybridized carbons (Fsp3) is 1.00. The molecule has 98 valence electrons. The van der Waals surface area contributed by atoms with Crippen molar-refractivity contribution in [2.75, 3.05) is 6.61 Å². The lowest BCUT2D eigenvalue weighted by atomic mass is 9.52. The van der Waals surface area contributed by atoms with Crippen molar-refractivity contribution >= 4 is 0 Å². The van der Waals surface area contributed by atoms with Gasteiger partial charge in [-0.15, -0.1) is 0 Å². The quantitative estimate of drug-likeness (QED) is 0.745. The summed E-state index contributed by atoms with van der Waals surface area (Å²) >= 11 is 0. The molecule has 0 aromatic rings. The van der Waals surface area contributed by atoms with Gasteiger partial charge in [-0.2, -0.15) is 0 Å². The molecular weight excluding hydrogens is 212 g/mol. The molecule has 2 atom stereocenters. The van der Waals surface area contributed by atoms with Crippen molar-refractivity contribution < 1.29 is 9.84 Å². The lowest BCUT2D eigenvalue weighted by molar-refractivity contribution is -0.220. The Morgan fingerprint density at radius 3 is 2.41 bits per heavy atom. The minimum Gasteiger partial charge on any atom is -0.390 e. The molecule has 4 rings (SSSR count). The highest BCUT2D eigenvalue weighted by Crippen LogP contribution is 2.58. The van der Waals surface area contributed by atoms with E-state index in [1.165, 1.54) is 38.5 Å². The zero-order valence-electron chi connectivity index (χ0n) is 11.1. The van der Waals surface area contributed by atoms with Gasteiger partial charge in [0, 0.05) is 13.0 Å². The number of hydrogen-bond donors (Lipinski definition) is 1. The Balaban J connectivity index is 1.62. The van der Waals surface area contributed by atoms with Gasteiger partial charge in [-0.3, -0.25) is 0 Å². The molecule has 0 amide bonds. The summed E-state index contributed by atoms with van der Waals surface area (Å²) in [6.45, 7) is 3.14. The third-order valence-electron chi connectivity index (χ3n) is 5.13. The van der Waals surface area contributed by atoms with E-state index in [2.05, 4.69) is 6.92 Å². The van der Waals surface area contributed by atoms with E-state index in [4.69, 9.17) is 4.74 Å². The summed E-state index contributed by atoms with van der Waals surface area (Å²) in [5.41, 5.74) is -0.304. The van der Waals surface area contributed by atoms with Crippen LogP contribution in [0.4, 0.5) is 0 Å². The van der Waals surface area contributed by atoms with Crippen molar-refractivity contribution in [2.45, 2.75) is 75.9 Å². The van der Waals surface area contributed by atoms with Crippen LogP contribution in [-0.4, -0.2) is 22.9 Å². The summed E-state index contributed by atoms with van der Waals surface area (Å²) in [4.78, 5) is 0. The van der Waals surface area contributed by atoms with E-state index in [0.717, 1.165) is 37.7 Å². The van der Waals surface area contributed by atoms with Crippen molar-refractivity contribution in [3.63, 3.8) is 0 Å². The third-order valence-corrected chi connectivity index (χ3v) is 5.13. The summed E-state index contributed by atoms with van der Waals surface area (Å²) in [6.07, 6.45) is 10.5. The molecule has 0 spiro atoms. The van der Waals surface area contributed by atoms with E-state index in [9.17, 15) is 5.11 Å². The van der Waals surface area contributed by atoms with Crippen LogP contribution >= 0.6 is 0 Å². The van der Waals surface area contributed by atoms with Gasteiger partial charge in [0.05, 0.1) is 11.2 Å². The number of ether oxygens (including phenoxy) is 1. The zero-order chi connectivity index (χ0) is 11.9. The summed E-state index contributed by atoms with van der Waals surface area (Å²) in [5, 5.41) is 10.6. The fourth-order valence-corrected chi connectivity index (χ4v) is 4.94. The highest BCUT2D eigenvalue weighted by molar-refractivity contribution is 5.09. The van der Waals surface area contributed by atoms with Crippen LogP contribution in [0.5, 0.6) is 0 Å². The highest BCUT2D eigenvalue weighted by Gasteiger charge is 2.57. The third kappa shape index (κ3) is 2.26. The molecule has 0 aromatic carbocycles. The predicted octanol–water partition coefficient (Wildman–Crippen LogP) is 3.28. The SMILES string of the molecule is CCCCCOC12CC3CC(CC(O)(C3)C1)C2. The maximum Gasteiger partial charge on any atom is 0.0715 e. The summed E-state index contributed by atoms with van der Waals surface area (Å²) in [5.74, 6) is 1.49. The molecule has 0 aromatic heterocycles. The molecular formula is C15H26O2. The van der Waals surface area contributed by atoms with Gasteiger partial charge in [-0.05, 0) is 50.4 Å². The smallest absolute Gasteiger partial charge is 0.0715 e. The molecule has 4 fully saturated rings. The van der Waals surface area contributed by atoms with Gasteiger partial charge < -0.3 is 9.84 Å².